The van der Waals surface area contributed by atoms with Crippen molar-refractivity contribution < 1.29 is 27.5 Å². The molecular weight excluding hydrogens is 563 g/mol. The van der Waals surface area contributed by atoms with E-state index in [-0.39, 0.29) is 29.5 Å². The third kappa shape index (κ3) is 8.31. The van der Waals surface area contributed by atoms with Gasteiger partial charge in [-0.05, 0) is 71.5 Å². The molecule has 1 aliphatic carbocycles. The number of halogens is 3. The summed E-state index contributed by atoms with van der Waals surface area (Å²) in [6.45, 7) is 0.0495. The Labute approximate surface area is 246 Å². The summed E-state index contributed by atoms with van der Waals surface area (Å²) in [6.07, 6.45) is 1.16. The van der Waals surface area contributed by atoms with Crippen LogP contribution in [0.2, 0.25) is 0 Å². The maximum atomic E-state index is 13.6. The molecule has 43 heavy (non-hydrogen) atoms. The molecule has 13 heteroatoms. The molecular formula is C30H32F3N7O3. The van der Waals surface area contributed by atoms with Crippen LogP contribution >= 0.6 is 0 Å². The number of methoxy groups -OCH3 is 1. The Morgan fingerprint density at radius 1 is 1.02 bits per heavy atom. The predicted molar refractivity (Wildman–Crippen MR) is 156 cm³/mol. The lowest BCUT2D eigenvalue weighted by molar-refractivity contribution is -0.137. The van der Waals surface area contributed by atoms with Gasteiger partial charge in [0.1, 0.15) is 5.75 Å². The van der Waals surface area contributed by atoms with Crippen LogP contribution in [0.3, 0.4) is 0 Å². The highest BCUT2D eigenvalue weighted by molar-refractivity contribution is 6.05. The summed E-state index contributed by atoms with van der Waals surface area (Å²) >= 11 is 0. The number of rotatable bonds is 8. The van der Waals surface area contributed by atoms with E-state index in [1.165, 1.54) is 55.0 Å². The number of guanidine groups is 1. The first kappa shape index (κ1) is 31.0. The van der Waals surface area contributed by atoms with Crippen molar-refractivity contribution in [3.8, 4) is 5.75 Å². The molecule has 0 aromatic heterocycles. The zero-order valence-corrected chi connectivity index (χ0v) is 23.4. The third-order valence-electron chi connectivity index (χ3n) is 7.20. The van der Waals surface area contributed by atoms with Crippen molar-refractivity contribution in [2.24, 2.45) is 16.1 Å². The fraction of sp³-hybridized carbons (Fsp3) is 0.300. The van der Waals surface area contributed by atoms with Crippen LogP contribution in [-0.4, -0.2) is 25.0 Å². The van der Waals surface area contributed by atoms with Crippen LogP contribution in [0.4, 0.5) is 29.3 Å². The van der Waals surface area contributed by atoms with Gasteiger partial charge in [-0.1, -0.05) is 48.6 Å². The van der Waals surface area contributed by atoms with Gasteiger partial charge in [0.2, 0.25) is 5.96 Å². The number of ether oxygens (including phenoxy) is 1. The van der Waals surface area contributed by atoms with E-state index in [2.05, 4.69) is 21.0 Å². The average molecular weight is 596 g/mol. The molecule has 1 fully saturated rings. The molecule has 0 aliphatic heterocycles. The zero-order valence-electron chi connectivity index (χ0n) is 23.4. The Kier molecular flexibility index (Phi) is 9.96. The summed E-state index contributed by atoms with van der Waals surface area (Å²) < 4.78 is 45.5. The number of amides is 3. The van der Waals surface area contributed by atoms with Crippen LogP contribution in [0.5, 0.6) is 5.75 Å². The van der Waals surface area contributed by atoms with Gasteiger partial charge < -0.3 is 15.8 Å². The van der Waals surface area contributed by atoms with Gasteiger partial charge in [-0.15, -0.1) is 0 Å². The lowest BCUT2D eigenvalue weighted by atomic mass is 9.84. The molecule has 10 nitrogen and oxygen atoms in total. The predicted octanol–water partition coefficient (Wildman–Crippen LogP) is 6.99. The van der Waals surface area contributed by atoms with Crippen molar-refractivity contribution >= 4 is 29.3 Å². The second kappa shape index (κ2) is 13.8. The van der Waals surface area contributed by atoms with Gasteiger partial charge in [0.25, 0.3) is 5.91 Å². The highest BCUT2D eigenvalue weighted by Crippen LogP contribution is 2.35. The van der Waals surface area contributed by atoms with Crippen LogP contribution in [0.15, 0.2) is 77.1 Å². The molecule has 0 bridgehead atoms. The smallest absolute Gasteiger partial charge is 0.416 e. The number of anilines is 2. The van der Waals surface area contributed by atoms with E-state index < -0.39 is 23.7 Å². The second-order valence-electron chi connectivity index (χ2n) is 10.1. The maximum absolute atomic E-state index is 13.6. The number of urea groups is 1. The first-order chi connectivity index (χ1) is 20.6. The van der Waals surface area contributed by atoms with Gasteiger partial charge in [0.15, 0.2) is 0 Å². The number of carbonyl (C=O) groups excluding carboxylic acids is 2. The Balaban J connectivity index is 1.60. The van der Waals surface area contributed by atoms with E-state index >= 15 is 0 Å². The van der Waals surface area contributed by atoms with E-state index in [9.17, 15) is 22.8 Å². The first-order valence-electron chi connectivity index (χ1n) is 13.6. The standard InChI is InChI=1S/C30H32F3N7O3/c1-43-26-16-23(30(31,32)33)15-24(17-26)36-29(42)40(25-13-11-21(12-14-25)20-5-3-2-4-6-20)18-19-7-9-22(10-8-19)27(41)37-28(34)38-39-35/h7-17,20H,2-6,18H2,1H3,(H,36,42)(H4,34,35,37,38,41). The average Bonchev–Trinajstić information content (AvgIpc) is 3.00. The van der Waals surface area contributed by atoms with Gasteiger partial charge in [0, 0.05) is 23.0 Å². The minimum absolute atomic E-state index is 0.0495. The summed E-state index contributed by atoms with van der Waals surface area (Å²) in [5.41, 5.74) is 13.7. The molecule has 226 valence electrons. The van der Waals surface area contributed by atoms with Crippen molar-refractivity contribution in [3.05, 3.63) is 89.0 Å². The van der Waals surface area contributed by atoms with Crippen molar-refractivity contribution in [2.75, 3.05) is 17.3 Å². The Morgan fingerprint density at radius 3 is 2.30 bits per heavy atom. The number of alkyl halides is 3. The molecule has 0 radical (unpaired) electrons. The molecule has 0 atom stereocenters. The maximum Gasteiger partial charge on any atom is 0.416 e. The SMILES string of the molecule is COc1cc(NC(=O)N(Cc2ccc(C(=O)N/C(N)=N/N=N)cc2)c2ccc(C3CCCCC3)cc2)cc(C(F)(F)F)c1. The lowest BCUT2D eigenvalue weighted by Crippen LogP contribution is -2.36. The molecule has 3 aromatic carbocycles. The van der Waals surface area contributed by atoms with E-state index in [1.807, 2.05) is 24.3 Å². The first-order valence-corrected chi connectivity index (χ1v) is 13.6. The highest BCUT2D eigenvalue weighted by atomic mass is 19.4. The number of hydrogen-bond acceptors (Lipinski definition) is 5. The molecule has 1 saturated carbocycles. The fourth-order valence-corrected chi connectivity index (χ4v) is 5.00. The Morgan fingerprint density at radius 2 is 1.70 bits per heavy atom. The zero-order chi connectivity index (χ0) is 31.0. The van der Waals surface area contributed by atoms with Gasteiger partial charge in [-0.3, -0.25) is 15.0 Å². The minimum atomic E-state index is -4.64. The van der Waals surface area contributed by atoms with Gasteiger partial charge in [-0.25, -0.2) is 4.79 Å². The van der Waals surface area contributed by atoms with Crippen LogP contribution in [-0.2, 0) is 12.7 Å². The fourth-order valence-electron chi connectivity index (χ4n) is 5.00. The summed E-state index contributed by atoms with van der Waals surface area (Å²) in [5.74, 6) is -0.502. The molecule has 0 unspecified atom stereocenters. The van der Waals surface area contributed by atoms with Crippen LogP contribution in [0.1, 0.15) is 65.1 Å². The highest BCUT2D eigenvalue weighted by Gasteiger charge is 2.32. The van der Waals surface area contributed by atoms with Crippen molar-refractivity contribution in [3.63, 3.8) is 0 Å². The summed E-state index contributed by atoms with van der Waals surface area (Å²) in [5, 5.41) is 10.9. The van der Waals surface area contributed by atoms with Gasteiger partial charge >= 0.3 is 12.2 Å². The quantitative estimate of drug-likeness (QED) is 0.0962. The van der Waals surface area contributed by atoms with Gasteiger partial charge in [0.05, 0.1) is 19.2 Å². The van der Waals surface area contributed by atoms with Gasteiger partial charge in [-0.2, -0.15) is 18.7 Å². The molecule has 1 aliphatic rings. The summed E-state index contributed by atoms with van der Waals surface area (Å²) in [6, 6.07) is 16.3. The number of hydrogen-bond donors (Lipinski definition) is 4. The largest absolute Gasteiger partial charge is 0.497 e. The van der Waals surface area contributed by atoms with Crippen molar-refractivity contribution in [1.29, 1.82) is 5.53 Å². The number of nitrogens with zero attached hydrogens (tertiary/aromatic N) is 3. The van der Waals surface area contributed by atoms with Crippen LogP contribution in [0, 0.1) is 5.53 Å². The molecule has 3 amide bonds. The lowest BCUT2D eigenvalue weighted by Gasteiger charge is -2.26. The Bertz CT molecular complexity index is 1470. The molecule has 0 spiro atoms. The number of nitrogens with two attached hydrogens (primary N) is 1. The normalized spacial score (nSPS) is 14.1. The van der Waals surface area contributed by atoms with E-state index in [0.717, 1.165) is 25.0 Å². The van der Waals surface area contributed by atoms with E-state index in [4.69, 9.17) is 16.0 Å². The number of benzene rings is 3. The number of nitrogens with one attached hydrogen (secondary N) is 3. The van der Waals surface area contributed by atoms with Crippen LogP contribution < -0.4 is 26.0 Å². The van der Waals surface area contributed by atoms with E-state index in [1.54, 1.807) is 12.1 Å². The molecule has 5 N–H and O–H groups in total. The molecule has 4 rings (SSSR count). The number of carbonyl (C=O) groups is 2. The molecule has 0 saturated heterocycles. The molecule has 3 aromatic rings. The monoisotopic (exact) mass is 595 g/mol. The third-order valence-corrected chi connectivity index (χ3v) is 7.20. The topological polar surface area (TPSA) is 145 Å². The summed E-state index contributed by atoms with van der Waals surface area (Å²) in [7, 11) is 1.25. The van der Waals surface area contributed by atoms with Crippen molar-refractivity contribution in [2.45, 2.75) is 50.7 Å². The van der Waals surface area contributed by atoms with Crippen LogP contribution in [0.25, 0.3) is 0 Å². The minimum Gasteiger partial charge on any atom is -0.497 e. The van der Waals surface area contributed by atoms with Crippen molar-refractivity contribution in [1.82, 2.24) is 5.32 Å². The second-order valence-corrected chi connectivity index (χ2v) is 10.1. The molecule has 0 heterocycles. The Hall–Kier alpha value is -4.94. The summed E-state index contributed by atoms with van der Waals surface area (Å²) in [4.78, 5) is 27.4. The van der Waals surface area contributed by atoms with E-state index in [0.29, 0.717) is 17.2 Å².